The topological polar surface area (TPSA) is 9.23 Å². The van der Waals surface area contributed by atoms with Crippen molar-refractivity contribution in [2.45, 2.75) is 32.3 Å². The van der Waals surface area contributed by atoms with Crippen LogP contribution in [0.4, 0.5) is 0 Å². The van der Waals surface area contributed by atoms with E-state index in [1.165, 1.54) is 11.1 Å². The lowest BCUT2D eigenvalue weighted by Crippen LogP contribution is -2.32. The minimum Gasteiger partial charge on any atom is -0.361 e. The van der Waals surface area contributed by atoms with Crippen LogP contribution in [0.3, 0.4) is 0 Å². The van der Waals surface area contributed by atoms with Gasteiger partial charge in [-0.3, -0.25) is 0 Å². The van der Waals surface area contributed by atoms with E-state index >= 15 is 0 Å². The normalized spacial score (nSPS) is 13.9. The predicted molar refractivity (Wildman–Crippen MR) is 69.1 cm³/mol. The first-order chi connectivity index (χ1) is 6.95. The fraction of sp³-hybridized carbons (Fsp3) is 0.500. The molecule has 0 saturated carbocycles. The summed E-state index contributed by atoms with van der Waals surface area (Å²) < 4.78 is 5.66. The standard InChI is InChI=1S/C12H19ClOSi/c1-10-5-7-11(8-6-10)12(14-9-13)15(2,3)4/h5-8,12H,9H2,1-4H3. The summed E-state index contributed by atoms with van der Waals surface area (Å²) in [5, 5.41) is 0. The largest absolute Gasteiger partial charge is 0.361 e. The number of aryl methyl sites for hydroxylation is 1. The van der Waals surface area contributed by atoms with Gasteiger partial charge in [-0.05, 0) is 12.5 Å². The van der Waals surface area contributed by atoms with Crippen molar-refractivity contribution in [2.75, 3.05) is 6.07 Å². The van der Waals surface area contributed by atoms with Crippen LogP contribution in [0.25, 0.3) is 0 Å². The molecular formula is C12H19ClOSi. The summed E-state index contributed by atoms with van der Waals surface area (Å²) >= 11 is 5.68. The molecule has 1 aromatic rings. The van der Waals surface area contributed by atoms with Gasteiger partial charge in [-0.1, -0.05) is 61.1 Å². The minimum atomic E-state index is -1.37. The summed E-state index contributed by atoms with van der Waals surface area (Å²) in [5.41, 5.74) is 2.72. The predicted octanol–water partition coefficient (Wildman–Crippen LogP) is 4.13. The summed E-state index contributed by atoms with van der Waals surface area (Å²) in [5.74, 6) is 0. The molecule has 0 aliphatic heterocycles. The van der Waals surface area contributed by atoms with Gasteiger partial charge in [-0.25, -0.2) is 0 Å². The quantitative estimate of drug-likeness (QED) is 0.570. The smallest absolute Gasteiger partial charge is 0.121 e. The average Bonchev–Trinajstić information content (AvgIpc) is 2.14. The van der Waals surface area contributed by atoms with Crippen LogP contribution in [0, 0.1) is 6.92 Å². The molecule has 0 radical (unpaired) electrons. The highest BCUT2D eigenvalue weighted by Crippen LogP contribution is 2.28. The van der Waals surface area contributed by atoms with Gasteiger partial charge in [0.15, 0.2) is 0 Å². The molecule has 84 valence electrons. The van der Waals surface area contributed by atoms with Gasteiger partial charge < -0.3 is 4.74 Å². The van der Waals surface area contributed by atoms with Crippen LogP contribution in [0.5, 0.6) is 0 Å². The van der Waals surface area contributed by atoms with Crippen molar-refractivity contribution in [2.24, 2.45) is 0 Å². The van der Waals surface area contributed by atoms with Gasteiger partial charge in [-0.15, -0.1) is 0 Å². The molecular weight excluding hydrogens is 224 g/mol. The molecule has 0 fully saturated rings. The lowest BCUT2D eigenvalue weighted by molar-refractivity contribution is 0.141. The molecule has 0 heterocycles. The number of benzene rings is 1. The van der Waals surface area contributed by atoms with Gasteiger partial charge in [-0.2, -0.15) is 0 Å². The van der Waals surface area contributed by atoms with Crippen molar-refractivity contribution in [3.8, 4) is 0 Å². The Balaban J connectivity index is 2.94. The Kier molecular flexibility index (Phi) is 4.38. The van der Waals surface area contributed by atoms with Crippen LogP contribution in [-0.4, -0.2) is 14.1 Å². The summed E-state index contributed by atoms with van der Waals surface area (Å²) in [6.07, 6.45) is 0. The van der Waals surface area contributed by atoms with Crippen LogP contribution in [0.1, 0.15) is 16.9 Å². The lowest BCUT2D eigenvalue weighted by atomic mass is 10.2. The Hall–Kier alpha value is -0.313. The van der Waals surface area contributed by atoms with Gasteiger partial charge in [0.1, 0.15) is 6.07 Å². The first-order valence-corrected chi connectivity index (χ1v) is 9.30. The van der Waals surface area contributed by atoms with Crippen LogP contribution in [-0.2, 0) is 4.74 Å². The second-order valence-electron chi connectivity index (χ2n) is 4.93. The fourth-order valence-electron chi connectivity index (χ4n) is 1.65. The molecule has 1 rings (SSSR count). The Labute approximate surface area is 98.4 Å². The van der Waals surface area contributed by atoms with Crippen LogP contribution in [0.2, 0.25) is 19.6 Å². The Morgan fingerprint density at radius 1 is 1.20 bits per heavy atom. The Morgan fingerprint density at radius 3 is 2.13 bits per heavy atom. The third-order valence-corrected chi connectivity index (χ3v) is 4.60. The summed E-state index contributed by atoms with van der Waals surface area (Å²) in [7, 11) is -1.37. The fourth-order valence-corrected chi connectivity index (χ4v) is 3.66. The number of alkyl halides is 1. The first kappa shape index (κ1) is 12.8. The molecule has 0 N–H and O–H groups in total. The Morgan fingerprint density at radius 2 is 1.73 bits per heavy atom. The second-order valence-corrected chi connectivity index (χ2v) is 10.4. The van der Waals surface area contributed by atoms with E-state index in [0.717, 1.165) is 0 Å². The highest BCUT2D eigenvalue weighted by molar-refractivity contribution is 6.77. The van der Waals surface area contributed by atoms with E-state index in [2.05, 4.69) is 50.8 Å². The van der Waals surface area contributed by atoms with E-state index in [0.29, 0.717) is 0 Å². The number of rotatable bonds is 4. The van der Waals surface area contributed by atoms with Crippen molar-refractivity contribution in [3.05, 3.63) is 35.4 Å². The molecule has 1 unspecified atom stereocenters. The van der Waals surface area contributed by atoms with Crippen molar-refractivity contribution in [1.82, 2.24) is 0 Å². The van der Waals surface area contributed by atoms with Gasteiger partial charge in [0, 0.05) is 0 Å². The summed E-state index contributed by atoms with van der Waals surface area (Å²) in [6.45, 7) is 8.98. The van der Waals surface area contributed by atoms with Crippen LogP contribution in [0.15, 0.2) is 24.3 Å². The molecule has 0 bridgehead atoms. The van der Waals surface area contributed by atoms with Gasteiger partial charge in [0.2, 0.25) is 0 Å². The Bertz CT molecular complexity index is 302. The van der Waals surface area contributed by atoms with Crippen molar-refractivity contribution in [3.63, 3.8) is 0 Å². The molecule has 1 atom stereocenters. The zero-order valence-electron chi connectivity index (χ0n) is 9.88. The van der Waals surface area contributed by atoms with Gasteiger partial charge in [0.05, 0.1) is 13.8 Å². The molecule has 0 aliphatic carbocycles. The molecule has 0 aliphatic rings. The molecule has 0 saturated heterocycles. The van der Waals surface area contributed by atoms with E-state index in [4.69, 9.17) is 16.3 Å². The average molecular weight is 243 g/mol. The van der Waals surface area contributed by atoms with Crippen molar-refractivity contribution in [1.29, 1.82) is 0 Å². The molecule has 0 spiro atoms. The maximum Gasteiger partial charge on any atom is 0.121 e. The highest BCUT2D eigenvalue weighted by Gasteiger charge is 2.28. The van der Waals surface area contributed by atoms with E-state index in [1.807, 2.05) is 0 Å². The van der Waals surface area contributed by atoms with E-state index in [1.54, 1.807) is 0 Å². The SMILES string of the molecule is Cc1ccc(C(OCCl)[Si](C)(C)C)cc1. The van der Waals surface area contributed by atoms with E-state index in [9.17, 15) is 0 Å². The number of hydrogen-bond acceptors (Lipinski definition) is 1. The number of halogens is 1. The van der Waals surface area contributed by atoms with Crippen molar-refractivity contribution >= 4 is 19.7 Å². The van der Waals surface area contributed by atoms with Crippen molar-refractivity contribution < 1.29 is 4.74 Å². The molecule has 3 heteroatoms. The summed E-state index contributed by atoms with van der Waals surface area (Å²) in [6, 6.07) is 8.80. The highest BCUT2D eigenvalue weighted by atomic mass is 35.5. The zero-order chi connectivity index (χ0) is 11.5. The van der Waals surface area contributed by atoms with Gasteiger partial charge >= 0.3 is 0 Å². The summed E-state index contributed by atoms with van der Waals surface area (Å²) in [4.78, 5) is 0. The molecule has 0 aromatic heterocycles. The minimum absolute atomic E-state index is 0.190. The maximum atomic E-state index is 5.68. The molecule has 0 amide bonds. The molecule has 1 nitrogen and oxygen atoms in total. The van der Waals surface area contributed by atoms with Gasteiger partial charge in [0.25, 0.3) is 0 Å². The van der Waals surface area contributed by atoms with E-state index < -0.39 is 8.07 Å². The maximum absolute atomic E-state index is 5.68. The monoisotopic (exact) mass is 242 g/mol. The van der Waals surface area contributed by atoms with Crippen LogP contribution >= 0.6 is 11.6 Å². The van der Waals surface area contributed by atoms with Crippen LogP contribution < -0.4 is 0 Å². The second kappa shape index (κ2) is 5.15. The lowest BCUT2D eigenvalue weighted by Gasteiger charge is -2.28. The third kappa shape index (κ3) is 3.63. The molecule has 1 aromatic carbocycles. The first-order valence-electron chi connectivity index (χ1n) is 5.19. The number of hydrogen-bond donors (Lipinski definition) is 0. The number of ether oxygens (including phenoxy) is 1. The zero-order valence-corrected chi connectivity index (χ0v) is 11.6. The molecule has 15 heavy (non-hydrogen) atoms. The third-order valence-electron chi connectivity index (χ3n) is 2.40. The van der Waals surface area contributed by atoms with E-state index in [-0.39, 0.29) is 11.8 Å².